The van der Waals surface area contributed by atoms with Gasteiger partial charge in [0, 0.05) is 12.6 Å². The average Bonchev–Trinajstić information content (AvgIpc) is 2.26. The topological polar surface area (TPSA) is 55.5 Å². The van der Waals surface area contributed by atoms with Gasteiger partial charge in [-0.05, 0) is 30.5 Å². The van der Waals surface area contributed by atoms with Crippen LogP contribution in [0.15, 0.2) is 24.3 Å². The van der Waals surface area contributed by atoms with E-state index in [-0.39, 0.29) is 12.6 Å². The lowest BCUT2D eigenvalue weighted by atomic mass is 10.0. The summed E-state index contributed by atoms with van der Waals surface area (Å²) in [6.45, 7) is 0.192. The van der Waals surface area contributed by atoms with Gasteiger partial charge in [-0.2, -0.15) is 0 Å². The predicted molar refractivity (Wildman–Crippen MR) is 56.2 cm³/mol. The minimum absolute atomic E-state index is 0.0164. The number of hydrogen-bond acceptors (Lipinski definition) is 3. The number of nitrogens with two attached hydrogens (primary N) is 1. The zero-order chi connectivity index (χ0) is 10.4. The summed E-state index contributed by atoms with van der Waals surface area (Å²) in [5.41, 5.74) is 6.99. The molecule has 1 aromatic rings. The minimum atomic E-state index is -0.0164. The molecular weight excluding hydrogens is 178 g/mol. The van der Waals surface area contributed by atoms with Crippen molar-refractivity contribution < 1.29 is 9.84 Å². The van der Waals surface area contributed by atoms with Crippen LogP contribution in [0, 0.1) is 0 Å². The fraction of sp³-hybridized carbons (Fsp3) is 0.455. The molecule has 78 valence electrons. The van der Waals surface area contributed by atoms with Gasteiger partial charge in [0.05, 0.1) is 7.11 Å². The van der Waals surface area contributed by atoms with Crippen LogP contribution in [0.3, 0.4) is 0 Å². The maximum absolute atomic E-state index is 8.68. The van der Waals surface area contributed by atoms with E-state index in [9.17, 15) is 0 Å². The molecule has 0 heterocycles. The summed E-state index contributed by atoms with van der Waals surface area (Å²) in [5.74, 6) is 0.821. The molecule has 0 fully saturated rings. The molecule has 0 saturated carbocycles. The first kappa shape index (κ1) is 11.0. The largest absolute Gasteiger partial charge is 0.497 e. The molecule has 1 rings (SSSR count). The molecule has 0 amide bonds. The molecule has 0 saturated heterocycles. The molecule has 0 aromatic heterocycles. The molecule has 1 atom stereocenters. The summed E-state index contributed by atoms with van der Waals surface area (Å²) >= 11 is 0. The van der Waals surface area contributed by atoms with Crippen LogP contribution in [-0.2, 0) is 0 Å². The first-order chi connectivity index (χ1) is 6.77. The summed E-state index contributed by atoms with van der Waals surface area (Å²) in [6, 6.07) is 7.71. The minimum Gasteiger partial charge on any atom is -0.497 e. The average molecular weight is 195 g/mol. The van der Waals surface area contributed by atoms with Crippen molar-refractivity contribution in [1.82, 2.24) is 0 Å². The van der Waals surface area contributed by atoms with Gasteiger partial charge in [-0.25, -0.2) is 0 Å². The standard InChI is InChI=1S/C11H17NO2/c1-14-10-5-2-4-9(8-10)11(12)6-3-7-13/h2,4-5,8,11,13H,3,6-7,12H2,1H3/t11-/m1/s1. The number of rotatable bonds is 5. The first-order valence-corrected chi connectivity index (χ1v) is 4.78. The Hall–Kier alpha value is -1.06. The Balaban J connectivity index is 2.64. The van der Waals surface area contributed by atoms with Crippen molar-refractivity contribution in [2.45, 2.75) is 18.9 Å². The second-order valence-electron chi connectivity index (χ2n) is 3.25. The van der Waals surface area contributed by atoms with Crippen molar-refractivity contribution in [2.75, 3.05) is 13.7 Å². The molecule has 14 heavy (non-hydrogen) atoms. The molecule has 0 unspecified atom stereocenters. The maximum atomic E-state index is 8.68. The summed E-state index contributed by atoms with van der Waals surface area (Å²) < 4.78 is 5.10. The lowest BCUT2D eigenvalue weighted by Crippen LogP contribution is -2.10. The molecule has 0 radical (unpaired) electrons. The Morgan fingerprint density at radius 1 is 1.50 bits per heavy atom. The second-order valence-corrected chi connectivity index (χ2v) is 3.25. The molecule has 0 aliphatic rings. The second kappa shape index (κ2) is 5.62. The number of benzene rings is 1. The van der Waals surface area contributed by atoms with E-state index >= 15 is 0 Å². The zero-order valence-electron chi connectivity index (χ0n) is 8.44. The monoisotopic (exact) mass is 195 g/mol. The molecule has 3 nitrogen and oxygen atoms in total. The van der Waals surface area contributed by atoms with E-state index in [1.807, 2.05) is 24.3 Å². The van der Waals surface area contributed by atoms with Crippen molar-refractivity contribution in [3.05, 3.63) is 29.8 Å². The van der Waals surface area contributed by atoms with E-state index in [0.717, 1.165) is 24.2 Å². The van der Waals surface area contributed by atoms with Crippen LogP contribution in [0.2, 0.25) is 0 Å². The van der Waals surface area contributed by atoms with Gasteiger partial charge in [-0.3, -0.25) is 0 Å². The lowest BCUT2D eigenvalue weighted by Gasteiger charge is -2.12. The van der Waals surface area contributed by atoms with Crippen molar-refractivity contribution in [3.63, 3.8) is 0 Å². The summed E-state index contributed by atoms with van der Waals surface area (Å²) in [7, 11) is 1.64. The Labute approximate surface area is 84.5 Å². The highest BCUT2D eigenvalue weighted by Crippen LogP contribution is 2.20. The van der Waals surface area contributed by atoms with Gasteiger partial charge in [0.1, 0.15) is 5.75 Å². The van der Waals surface area contributed by atoms with E-state index in [4.69, 9.17) is 15.6 Å². The molecule has 0 spiro atoms. The van der Waals surface area contributed by atoms with Gasteiger partial charge >= 0.3 is 0 Å². The molecule has 3 N–H and O–H groups in total. The lowest BCUT2D eigenvalue weighted by molar-refractivity contribution is 0.280. The van der Waals surface area contributed by atoms with Crippen LogP contribution in [0.1, 0.15) is 24.4 Å². The Kier molecular flexibility index (Phi) is 4.43. The molecule has 3 heteroatoms. The van der Waals surface area contributed by atoms with E-state index in [1.165, 1.54) is 0 Å². The molecule has 0 bridgehead atoms. The summed E-state index contributed by atoms with van der Waals surface area (Å²) in [5, 5.41) is 8.68. The van der Waals surface area contributed by atoms with E-state index in [2.05, 4.69) is 0 Å². The van der Waals surface area contributed by atoms with Crippen molar-refractivity contribution in [1.29, 1.82) is 0 Å². The van der Waals surface area contributed by atoms with Crippen LogP contribution in [0.4, 0.5) is 0 Å². The smallest absolute Gasteiger partial charge is 0.119 e. The van der Waals surface area contributed by atoms with E-state index < -0.39 is 0 Å². The highest BCUT2D eigenvalue weighted by Gasteiger charge is 2.05. The molecule has 0 aliphatic carbocycles. The number of aliphatic hydroxyl groups is 1. The third-order valence-corrected chi connectivity index (χ3v) is 2.20. The van der Waals surface area contributed by atoms with Crippen LogP contribution in [0.25, 0.3) is 0 Å². The van der Waals surface area contributed by atoms with Crippen molar-refractivity contribution in [3.8, 4) is 5.75 Å². The fourth-order valence-electron chi connectivity index (χ4n) is 1.35. The fourth-order valence-corrected chi connectivity index (χ4v) is 1.35. The number of methoxy groups -OCH3 is 1. The number of ether oxygens (including phenoxy) is 1. The van der Waals surface area contributed by atoms with Gasteiger partial charge in [0.15, 0.2) is 0 Å². The van der Waals surface area contributed by atoms with E-state index in [0.29, 0.717) is 0 Å². The Bertz CT molecular complexity index is 276. The first-order valence-electron chi connectivity index (χ1n) is 4.78. The predicted octanol–water partition coefficient (Wildman–Crippen LogP) is 1.47. The molecule has 0 aliphatic heterocycles. The van der Waals surface area contributed by atoms with Gasteiger partial charge in [0.25, 0.3) is 0 Å². The maximum Gasteiger partial charge on any atom is 0.119 e. The highest BCUT2D eigenvalue weighted by atomic mass is 16.5. The van der Waals surface area contributed by atoms with E-state index in [1.54, 1.807) is 7.11 Å². The molecule has 1 aromatic carbocycles. The highest BCUT2D eigenvalue weighted by molar-refractivity contribution is 5.30. The van der Waals surface area contributed by atoms with Gasteiger partial charge < -0.3 is 15.6 Å². The number of hydrogen-bond donors (Lipinski definition) is 2. The summed E-state index contributed by atoms with van der Waals surface area (Å²) in [4.78, 5) is 0. The van der Waals surface area contributed by atoms with Crippen LogP contribution >= 0.6 is 0 Å². The third-order valence-electron chi connectivity index (χ3n) is 2.20. The van der Waals surface area contributed by atoms with Crippen LogP contribution < -0.4 is 10.5 Å². The quantitative estimate of drug-likeness (QED) is 0.748. The van der Waals surface area contributed by atoms with Crippen molar-refractivity contribution >= 4 is 0 Å². The van der Waals surface area contributed by atoms with Crippen molar-refractivity contribution in [2.24, 2.45) is 5.73 Å². The zero-order valence-corrected chi connectivity index (χ0v) is 8.44. The van der Waals surface area contributed by atoms with Gasteiger partial charge in [0.2, 0.25) is 0 Å². The Morgan fingerprint density at radius 2 is 2.29 bits per heavy atom. The number of aliphatic hydroxyl groups excluding tert-OH is 1. The van der Waals surface area contributed by atoms with Gasteiger partial charge in [-0.1, -0.05) is 12.1 Å². The van der Waals surface area contributed by atoms with Crippen LogP contribution in [-0.4, -0.2) is 18.8 Å². The van der Waals surface area contributed by atoms with Gasteiger partial charge in [-0.15, -0.1) is 0 Å². The Morgan fingerprint density at radius 3 is 2.93 bits per heavy atom. The third kappa shape index (κ3) is 3.01. The van der Waals surface area contributed by atoms with Crippen LogP contribution in [0.5, 0.6) is 5.75 Å². The normalized spacial score (nSPS) is 12.5. The SMILES string of the molecule is COc1cccc([C@H](N)CCCO)c1. The molecular formula is C11H17NO2. The summed E-state index contributed by atoms with van der Waals surface area (Å²) in [6.07, 6.45) is 1.53.